The molecule has 0 aliphatic carbocycles. The second-order valence-electron chi connectivity index (χ2n) is 5.77. The van der Waals surface area contributed by atoms with E-state index in [4.69, 9.17) is 0 Å². The number of benzene rings is 1. The van der Waals surface area contributed by atoms with E-state index in [9.17, 15) is 19.1 Å². The highest BCUT2D eigenvalue weighted by Gasteiger charge is 2.43. The van der Waals surface area contributed by atoms with Gasteiger partial charge in [0.15, 0.2) is 11.5 Å². The van der Waals surface area contributed by atoms with Crippen molar-refractivity contribution in [2.24, 2.45) is 0 Å². The average molecular weight is 334 g/mol. The van der Waals surface area contributed by atoms with E-state index in [1.54, 1.807) is 18.2 Å². The molecule has 24 heavy (non-hydrogen) atoms. The molecule has 5 nitrogen and oxygen atoms in total. The smallest absolute Gasteiger partial charge is 0.290 e. The maximum atomic E-state index is 14.3. The summed E-state index contributed by atoms with van der Waals surface area (Å²) in [4.78, 5) is 27.9. The van der Waals surface area contributed by atoms with Crippen LogP contribution in [0.5, 0.6) is 0 Å². The summed E-state index contributed by atoms with van der Waals surface area (Å²) in [6.07, 6.45) is 0. The first-order valence-electron chi connectivity index (χ1n) is 8.14. The highest BCUT2D eigenvalue weighted by atomic mass is 19.1. The van der Waals surface area contributed by atoms with Gasteiger partial charge >= 0.3 is 0 Å². The van der Waals surface area contributed by atoms with Crippen LogP contribution < -0.4 is 0 Å². The molecule has 2 rings (SSSR count). The summed E-state index contributed by atoms with van der Waals surface area (Å²) in [6, 6.07) is 5.15. The standard InChI is InChI=1S/C18H23FN2O3/c1-4-20(5-2)10-11-21-16(13-8-6-7-9-14(13)19)15(12(3)22)17(23)18(21)24/h6-9,16,23H,4-5,10-11H2,1-3H3. The second-order valence-corrected chi connectivity index (χ2v) is 5.77. The molecule has 1 heterocycles. The first-order chi connectivity index (χ1) is 11.4. The van der Waals surface area contributed by atoms with Gasteiger partial charge in [-0.25, -0.2) is 4.39 Å². The zero-order chi connectivity index (χ0) is 17.9. The molecule has 0 aromatic heterocycles. The van der Waals surface area contributed by atoms with Crippen LogP contribution in [0.25, 0.3) is 0 Å². The molecular formula is C18H23FN2O3. The van der Waals surface area contributed by atoms with E-state index in [-0.39, 0.29) is 11.1 Å². The van der Waals surface area contributed by atoms with Crippen molar-refractivity contribution in [1.29, 1.82) is 0 Å². The fourth-order valence-electron chi connectivity index (χ4n) is 3.05. The molecule has 0 radical (unpaired) electrons. The Labute approximate surface area is 141 Å². The topological polar surface area (TPSA) is 60.9 Å². The van der Waals surface area contributed by atoms with Crippen molar-refractivity contribution in [2.45, 2.75) is 26.8 Å². The van der Waals surface area contributed by atoms with Crippen LogP contribution in [0.1, 0.15) is 32.4 Å². The van der Waals surface area contributed by atoms with Crippen molar-refractivity contribution in [2.75, 3.05) is 26.2 Å². The van der Waals surface area contributed by atoms with E-state index in [0.717, 1.165) is 13.1 Å². The molecule has 1 aromatic rings. The Hall–Kier alpha value is -2.21. The fraction of sp³-hybridized carbons (Fsp3) is 0.444. The molecule has 1 aromatic carbocycles. The number of aliphatic hydroxyl groups excluding tert-OH is 1. The lowest BCUT2D eigenvalue weighted by Crippen LogP contribution is -2.38. The number of likely N-dealkylation sites (N-methyl/N-ethyl adjacent to an activating group) is 1. The lowest BCUT2D eigenvalue weighted by molar-refractivity contribution is -0.129. The van der Waals surface area contributed by atoms with Crippen molar-refractivity contribution in [3.05, 3.63) is 47.0 Å². The SMILES string of the molecule is CCN(CC)CCN1C(=O)C(O)=C(C(C)=O)C1c1ccccc1F. The van der Waals surface area contributed by atoms with Gasteiger partial charge in [-0.15, -0.1) is 0 Å². The largest absolute Gasteiger partial charge is 0.503 e. The molecule has 1 aliphatic heterocycles. The van der Waals surface area contributed by atoms with Gasteiger partial charge in [-0.1, -0.05) is 32.0 Å². The van der Waals surface area contributed by atoms with Crippen LogP contribution in [0.3, 0.4) is 0 Å². The highest BCUT2D eigenvalue weighted by molar-refractivity contribution is 6.08. The summed E-state index contributed by atoms with van der Waals surface area (Å²) in [7, 11) is 0. The minimum Gasteiger partial charge on any atom is -0.503 e. The Morgan fingerprint density at radius 2 is 1.92 bits per heavy atom. The normalized spacial score (nSPS) is 18.0. The minimum absolute atomic E-state index is 0.0374. The molecule has 1 unspecified atom stereocenters. The summed E-state index contributed by atoms with van der Waals surface area (Å²) < 4.78 is 14.3. The summed E-state index contributed by atoms with van der Waals surface area (Å²) in [5.74, 6) is -2.13. The molecule has 1 aliphatic rings. The van der Waals surface area contributed by atoms with Crippen LogP contribution in [0.15, 0.2) is 35.6 Å². The van der Waals surface area contributed by atoms with Crippen LogP contribution in [-0.2, 0) is 9.59 Å². The molecular weight excluding hydrogens is 311 g/mol. The van der Waals surface area contributed by atoms with Crippen LogP contribution in [0.2, 0.25) is 0 Å². The highest BCUT2D eigenvalue weighted by Crippen LogP contribution is 2.38. The van der Waals surface area contributed by atoms with Gasteiger partial charge in [0.25, 0.3) is 5.91 Å². The maximum absolute atomic E-state index is 14.3. The third-order valence-corrected chi connectivity index (χ3v) is 4.43. The molecule has 1 N–H and O–H groups in total. The van der Waals surface area contributed by atoms with Crippen molar-refractivity contribution < 1.29 is 19.1 Å². The zero-order valence-corrected chi connectivity index (χ0v) is 14.3. The number of aliphatic hydroxyl groups is 1. The predicted octanol–water partition coefficient (Wildman–Crippen LogP) is 2.45. The van der Waals surface area contributed by atoms with Crippen molar-refractivity contribution in [1.82, 2.24) is 9.80 Å². The zero-order valence-electron chi connectivity index (χ0n) is 14.3. The van der Waals surface area contributed by atoms with Crippen molar-refractivity contribution in [3.63, 3.8) is 0 Å². The average Bonchev–Trinajstić information content (AvgIpc) is 2.81. The number of Topliss-reactive ketones (excluding diaryl/α,β-unsaturated/α-hetero) is 1. The number of ketones is 1. The van der Waals surface area contributed by atoms with E-state index in [0.29, 0.717) is 13.1 Å². The molecule has 0 fully saturated rings. The van der Waals surface area contributed by atoms with E-state index in [1.165, 1.54) is 17.9 Å². The first kappa shape index (κ1) is 18.1. The third kappa shape index (κ3) is 3.33. The molecule has 0 saturated carbocycles. The summed E-state index contributed by atoms with van der Waals surface area (Å²) in [6.45, 7) is 7.84. The van der Waals surface area contributed by atoms with Gasteiger partial charge in [0.2, 0.25) is 0 Å². The Bertz CT molecular complexity index is 668. The van der Waals surface area contributed by atoms with Gasteiger partial charge in [0.05, 0.1) is 11.6 Å². The van der Waals surface area contributed by atoms with Gasteiger partial charge in [0, 0.05) is 18.7 Å². The molecule has 0 spiro atoms. The van der Waals surface area contributed by atoms with Gasteiger partial charge in [-0.3, -0.25) is 9.59 Å². The van der Waals surface area contributed by atoms with E-state index in [2.05, 4.69) is 4.90 Å². The van der Waals surface area contributed by atoms with Crippen LogP contribution in [0.4, 0.5) is 4.39 Å². The number of hydrogen-bond donors (Lipinski definition) is 1. The monoisotopic (exact) mass is 334 g/mol. The number of rotatable bonds is 7. The number of carbonyl (C=O) groups is 2. The third-order valence-electron chi connectivity index (χ3n) is 4.43. The quantitative estimate of drug-likeness (QED) is 0.832. The number of halogens is 1. The molecule has 0 saturated heterocycles. The number of nitrogens with zero attached hydrogens (tertiary/aromatic N) is 2. The maximum Gasteiger partial charge on any atom is 0.290 e. The van der Waals surface area contributed by atoms with Crippen LogP contribution in [-0.4, -0.2) is 52.8 Å². The van der Waals surface area contributed by atoms with Gasteiger partial charge in [-0.2, -0.15) is 0 Å². The molecule has 6 heteroatoms. The van der Waals surface area contributed by atoms with Gasteiger partial charge in [0.1, 0.15) is 5.82 Å². The van der Waals surface area contributed by atoms with E-state index in [1.807, 2.05) is 13.8 Å². The Kier molecular flexibility index (Phi) is 5.72. The van der Waals surface area contributed by atoms with Crippen LogP contribution >= 0.6 is 0 Å². The molecule has 1 amide bonds. The predicted molar refractivity (Wildman–Crippen MR) is 89.0 cm³/mol. The van der Waals surface area contributed by atoms with E-state index >= 15 is 0 Å². The first-order valence-corrected chi connectivity index (χ1v) is 8.14. The Morgan fingerprint density at radius 1 is 1.29 bits per heavy atom. The Morgan fingerprint density at radius 3 is 2.46 bits per heavy atom. The van der Waals surface area contributed by atoms with Crippen molar-refractivity contribution >= 4 is 11.7 Å². The summed E-state index contributed by atoms with van der Waals surface area (Å²) in [5.41, 5.74) is 0.185. The summed E-state index contributed by atoms with van der Waals surface area (Å²) in [5, 5.41) is 10.1. The van der Waals surface area contributed by atoms with E-state index < -0.39 is 29.3 Å². The molecule has 0 bridgehead atoms. The summed E-state index contributed by atoms with van der Waals surface area (Å²) >= 11 is 0. The number of hydrogen-bond acceptors (Lipinski definition) is 4. The second kappa shape index (κ2) is 7.57. The number of amides is 1. The molecule has 130 valence electrons. The lowest BCUT2D eigenvalue weighted by Gasteiger charge is -2.29. The Balaban J connectivity index is 2.40. The van der Waals surface area contributed by atoms with Gasteiger partial charge in [-0.05, 0) is 26.1 Å². The van der Waals surface area contributed by atoms with Gasteiger partial charge < -0.3 is 14.9 Å². The fourth-order valence-corrected chi connectivity index (χ4v) is 3.05. The minimum atomic E-state index is -0.883. The molecule has 1 atom stereocenters. The van der Waals surface area contributed by atoms with Crippen LogP contribution in [0, 0.1) is 5.82 Å². The lowest BCUT2D eigenvalue weighted by atomic mass is 9.96. The number of carbonyl (C=O) groups excluding carboxylic acids is 2. The van der Waals surface area contributed by atoms with Crippen molar-refractivity contribution in [3.8, 4) is 0 Å².